The summed E-state index contributed by atoms with van der Waals surface area (Å²) < 4.78 is 28.2. The third-order valence-electron chi connectivity index (χ3n) is 5.99. The molecule has 0 radical (unpaired) electrons. The summed E-state index contributed by atoms with van der Waals surface area (Å²) >= 11 is 24.0. The molecular formula is C25H23Cl4N5O4S. The first kappa shape index (κ1) is 29.4. The van der Waals surface area contributed by atoms with Crippen LogP contribution in [0.1, 0.15) is 11.1 Å². The van der Waals surface area contributed by atoms with E-state index in [1.165, 1.54) is 36.4 Å². The number of carbonyl (C=O) groups is 2. The van der Waals surface area contributed by atoms with Crippen LogP contribution in [0.4, 0.5) is 10.5 Å². The maximum absolute atomic E-state index is 13.6. The van der Waals surface area contributed by atoms with Crippen LogP contribution in [0, 0.1) is 0 Å². The minimum atomic E-state index is -4.26. The number of carbonyl (C=O) groups excluding carboxylic acids is 2. The number of nitrogens with zero attached hydrogens (tertiary/aromatic N) is 2. The van der Waals surface area contributed by atoms with E-state index in [2.05, 4.69) is 10.6 Å². The van der Waals surface area contributed by atoms with Crippen LogP contribution in [-0.4, -0.2) is 48.8 Å². The predicted octanol–water partition coefficient (Wildman–Crippen LogP) is 4.94. The Balaban J connectivity index is 1.63. The number of amides is 3. The molecule has 206 valence electrons. The number of nitrogens with one attached hydrogen (secondary N) is 2. The van der Waals surface area contributed by atoms with Crippen LogP contribution in [0.2, 0.25) is 20.1 Å². The Labute approximate surface area is 245 Å². The van der Waals surface area contributed by atoms with Gasteiger partial charge in [0.1, 0.15) is 0 Å². The summed E-state index contributed by atoms with van der Waals surface area (Å²) in [6.45, 7) is 0.210. The normalized spacial score (nSPS) is 15.8. The van der Waals surface area contributed by atoms with Gasteiger partial charge >= 0.3 is 6.03 Å². The van der Waals surface area contributed by atoms with Crippen LogP contribution in [-0.2, 0) is 27.9 Å². The standard InChI is InChI=1S/C25H23Cl4N5O4S/c26-19-6-4-17(11-21(19)28)32-25(36)33-8-9-34(39(37,38)18-5-7-20(27)22(29)12-18)24(33)23(35)31-14-16-3-1-2-15(10-16)13-30/h1-7,10-12,24H,8-9,13-14,30H2,(H,31,35)(H,32,36). The largest absolute Gasteiger partial charge is 0.349 e. The zero-order chi connectivity index (χ0) is 28.3. The van der Waals surface area contributed by atoms with E-state index in [-0.39, 0.29) is 39.6 Å². The molecule has 1 unspecified atom stereocenters. The molecule has 9 nitrogen and oxygen atoms in total. The van der Waals surface area contributed by atoms with Gasteiger partial charge in [0.25, 0.3) is 5.91 Å². The summed E-state index contributed by atoms with van der Waals surface area (Å²) in [6, 6.07) is 14.9. The summed E-state index contributed by atoms with van der Waals surface area (Å²) in [5, 5.41) is 6.10. The number of hydrogen-bond acceptors (Lipinski definition) is 5. The molecule has 3 aromatic carbocycles. The van der Waals surface area contributed by atoms with Crippen molar-refractivity contribution in [2.75, 3.05) is 18.4 Å². The monoisotopic (exact) mass is 629 g/mol. The second-order valence-electron chi connectivity index (χ2n) is 8.56. The molecule has 1 aliphatic heterocycles. The molecule has 3 aromatic rings. The van der Waals surface area contributed by atoms with E-state index in [0.29, 0.717) is 17.3 Å². The van der Waals surface area contributed by atoms with Gasteiger partial charge in [-0.1, -0.05) is 70.7 Å². The van der Waals surface area contributed by atoms with E-state index < -0.39 is 28.1 Å². The molecule has 1 aliphatic rings. The van der Waals surface area contributed by atoms with Crippen molar-refractivity contribution in [3.8, 4) is 0 Å². The Morgan fingerprint density at radius 3 is 2.21 bits per heavy atom. The van der Waals surface area contributed by atoms with Crippen molar-refractivity contribution in [3.05, 3.63) is 91.9 Å². The lowest BCUT2D eigenvalue weighted by atomic mass is 10.1. The molecular weight excluding hydrogens is 608 g/mol. The van der Waals surface area contributed by atoms with E-state index in [1.54, 1.807) is 12.1 Å². The third kappa shape index (κ3) is 6.60. The molecule has 4 rings (SSSR count). The van der Waals surface area contributed by atoms with Crippen LogP contribution in [0.5, 0.6) is 0 Å². The van der Waals surface area contributed by atoms with Crippen molar-refractivity contribution in [1.29, 1.82) is 0 Å². The van der Waals surface area contributed by atoms with Gasteiger partial charge in [0, 0.05) is 31.9 Å². The average molecular weight is 631 g/mol. The molecule has 1 saturated heterocycles. The van der Waals surface area contributed by atoms with Crippen LogP contribution in [0.15, 0.2) is 65.6 Å². The zero-order valence-corrected chi connectivity index (χ0v) is 24.0. The minimum absolute atomic E-state index is 0.0342. The fraction of sp³-hybridized carbons (Fsp3) is 0.200. The lowest BCUT2D eigenvalue weighted by Gasteiger charge is -2.29. The Kier molecular flexibility index (Phi) is 9.28. The quantitative estimate of drug-likeness (QED) is 0.341. The number of nitrogens with two attached hydrogens (primary N) is 1. The third-order valence-corrected chi connectivity index (χ3v) is 9.31. The number of rotatable bonds is 7. The second-order valence-corrected chi connectivity index (χ2v) is 12.1. The molecule has 0 aliphatic carbocycles. The first-order valence-corrected chi connectivity index (χ1v) is 14.5. The van der Waals surface area contributed by atoms with Gasteiger partial charge in [-0.25, -0.2) is 13.2 Å². The highest BCUT2D eigenvalue weighted by molar-refractivity contribution is 7.89. The molecule has 0 aromatic heterocycles. The topological polar surface area (TPSA) is 125 Å². The van der Waals surface area contributed by atoms with Gasteiger partial charge in [0.05, 0.1) is 25.0 Å². The van der Waals surface area contributed by atoms with Crippen molar-refractivity contribution in [3.63, 3.8) is 0 Å². The second kappa shape index (κ2) is 12.3. The lowest BCUT2D eigenvalue weighted by Crippen LogP contribution is -2.54. The number of urea groups is 1. The molecule has 3 amide bonds. The van der Waals surface area contributed by atoms with Crippen molar-refractivity contribution >= 4 is 74.1 Å². The zero-order valence-electron chi connectivity index (χ0n) is 20.2. The highest BCUT2D eigenvalue weighted by Gasteiger charge is 2.46. The molecule has 4 N–H and O–H groups in total. The van der Waals surface area contributed by atoms with E-state index >= 15 is 0 Å². The summed E-state index contributed by atoms with van der Waals surface area (Å²) in [6.07, 6.45) is -1.50. The van der Waals surface area contributed by atoms with Crippen molar-refractivity contribution in [2.45, 2.75) is 24.2 Å². The minimum Gasteiger partial charge on any atom is -0.349 e. The van der Waals surface area contributed by atoms with E-state index in [1.807, 2.05) is 12.1 Å². The molecule has 0 saturated carbocycles. The van der Waals surface area contributed by atoms with Gasteiger partial charge in [-0.15, -0.1) is 0 Å². The summed E-state index contributed by atoms with van der Waals surface area (Å²) in [5.41, 5.74) is 7.65. The first-order chi connectivity index (χ1) is 18.5. The highest BCUT2D eigenvalue weighted by atomic mass is 35.5. The molecule has 1 fully saturated rings. The Morgan fingerprint density at radius 1 is 0.872 bits per heavy atom. The number of hydrogen-bond donors (Lipinski definition) is 3. The molecule has 0 bridgehead atoms. The molecule has 1 heterocycles. The van der Waals surface area contributed by atoms with Crippen molar-refractivity contribution < 1.29 is 18.0 Å². The average Bonchev–Trinajstić information content (AvgIpc) is 3.37. The van der Waals surface area contributed by atoms with Crippen LogP contribution in [0.25, 0.3) is 0 Å². The SMILES string of the molecule is NCc1cccc(CNC(=O)C2N(C(=O)Nc3ccc(Cl)c(Cl)c3)CCN2S(=O)(=O)c2ccc(Cl)c(Cl)c2)c1. The smallest absolute Gasteiger partial charge is 0.323 e. The number of anilines is 1. The Morgan fingerprint density at radius 2 is 1.54 bits per heavy atom. The predicted molar refractivity (Wildman–Crippen MR) is 153 cm³/mol. The first-order valence-electron chi connectivity index (χ1n) is 11.6. The van der Waals surface area contributed by atoms with E-state index in [0.717, 1.165) is 20.3 Å². The van der Waals surface area contributed by atoms with Gasteiger partial charge < -0.3 is 16.4 Å². The van der Waals surface area contributed by atoms with Gasteiger partial charge in [0.2, 0.25) is 10.0 Å². The van der Waals surface area contributed by atoms with Crippen molar-refractivity contribution in [1.82, 2.24) is 14.5 Å². The fourth-order valence-corrected chi connectivity index (χ4v) is 6.26. The van der Waals surface area contributed by atoms with Crippen LogP contribution in [0.3, 0.4) is 0 Å². The summed E-state index contributed by atoms with van der Waals surface area (Å²) in [4.78, 5) is 27.7. The van der Waals surface area contributed by atoms with Gasteiger partial charge in [-0.05, 0) is 47.5 Å². The number of benzene rings is 3. The van der Waals surface area contributed by atoms with Gasteiger partial charge in [-0.3, -0.25) is 9.69 Å². The fourth-order valence-electron chi connectivity index (χ4n) is 4.03. The summed E-state index contributed by atoms with van der Waals surface area (Å²) in [7, 11) is -4.26. The van der Waals surface area contributed by atoms with Crippen LogP contribution >= 0.6 is 46.4 Å². The molecule has 14 heteroatoms. The Hall–Kier alpha value is -2.57. The number of halogens is 4. The van der Waals surface area contributed by atoms with Crippen LogP contribution < -0.4 is 16.4 Å². The summed E-state index contributed by atoms with van der Waals surface area (Å²) in [5.74, 6) is -0.696. The van der Waals surface area contributed by atoms with E-state index in [4.69, 9.17) is 52.1 Å². The lowest BCUT2D eigenvalue weighted by molar-refractivity contribution is -0.127. The highest BCUT2D eigenvalue weighted by Crippen LogP contribution is 2.31. The number of sulfonamides is 1. The van der Waals surface area contributed by atoms with Gasteiger partial charge in [-0.2, -0.15) is 4.31 Å². The molecule has 39 heavy (non-hydrogen) atoms. The maximum atomic E-state index is 13.6. The van der Waals surface area contributed by atoms with Gasteiger partial charge in [0.15, 0.2) is 6.17 Å². The molecule has 0 spiro atoms. The maximum Gasteiger partial charge on any atom is 0.323 e. The molecule has 1 atom stereocenters. The Bertz CT molecular complexity index is 1520. The van der Waals surface area contributed by atoms with E-state index in [9.17, 15) is 18.0 Å². The van der Waals surface area contributed by atoms with Crippen molar-refractivity contribution in [2.24, 2.45) is 5.73 Å².